The maximum absolute atomic E-state index is 12.7. The highest BCUT2D eigenvalue weighted by atomic mass is 16.5. The van der Waals surface area contributed by atoms with E-state index in [-0.39, 0.29) is 22.7 Å². The van der Waals surface area contributed by atoms with Crippen molar-refractivity contribution in [3.05, 3.63) is 52.3 Å². The third-order valence-electron chi connectivity index (χ3n) is 3.53. The molecule has 1 heterocycles. The zero-order chi connectivity index (χ0) is 15.1. The molecule has 0 radical (unpaired) electrons. The zero-order valence-electron chi connectivity index (χ0n) is 11.9. The molecule has 0 saturated heterocycles. The van der Waals surface area contributed by atoms with Crippen LogP contribution in [0.3, 0.4) is 0 Å². The van der Waals surface area contributed by atoms with Crippen LogP contribution in [0.2, 0.25) is 0 Å². The number of ether oxygens (including phenoxy) is 2. The molecule has 5 nitrogen and oxygen atoms in total. The molecular weight excluding hydrogens is 270 g/mol. The van der Waals surface area contributed by atoms with Crippen molar-refractivity contribution in [2.75, 3.05) is 14.2 Å². The van der Waals surface area contributed by atoms with Gasteiger partial charge in [-0.25, -0.2) is 0 Å². The minimum atomic E-state index is -0.246. The van der Waals surface area contributed by atoms with Crippen molar-refractivity contribution in [1.82, 2.24) is 4.98 Å². The van der Waals surface area contributed by atoms with Gasteiger partial charge >= 0.3 is 0 Å². The Hall–Kier alpha value is -2.69. The Morgan fingerprint density at radius 2 is 1.67 bits per heavy atom. The summed E-state index contributed by atoms with van der Waals surface area (Å²) in [7, 11) is 2.95. The van der Waals surface area contributed by atoms with Gasteiger partial charge in [-0.2, -0.15) is 0 Å². The third-order valence-corrected chi connectivity index (χ3v) is 3.53. The highest BCUT2D eigenvalue weighted by Gasteiger charge is 2.33. The summed E-state index contributed by atoms with van der Waals surface area (Å²) >= 11 is 0. The lowest BCUT2D eigenvalue weighted by Gasteiger charge is -2.20. The van der Waals surface area contributed by atoms with Crippen LogP contribution in [0.25, 0.3) is 0 Å². The Morgan fingerprint density at radius 3 is 2.33 bits per heavy atom. The van der Waals surface area contributed by atoms with Crippen molar-refractivity contribution in [2.24, 2.45) is 0 Å². The van der Waals surface area contributed by atoms with Gasteiger partial charge in [-0.15, -0.1) is 0 Å². The Morgan fingerprint density at radius 1 is 0.905 bits per heavy atom. The number of ketones is 2. The van der Waals surface area contributed by atoms with Gasteiger partial charge in [0.05, 0.1) is 25.3 Å². The van der Waals surface area contributed by atoms with Crippen molar-refractivity contribution >= 4 is 11.6 Å². The number of hydrogen-bond acceptors (Lipinski definition) is 5. The quantitative estimate of drug-likeness (QED) is 0.721. The summed E-state index contributed by atoms with van der Waals surface area (Å²) < 4.78 is 10.4. The van der Waals surface area contributed by atoms with E-state index in [2.05, 4.69) is 4.98 Å². The molecule has 1 aromatic heterocycles. The molecule has 0 bridgehead atoms. The topological polar surface area (TPSA) is 65.5 Å². The van der Waals surface area contributed by atoms with E-state index in [1.165, 1.54) is 20.4 Å². The number of carbonyl (C=O) groups is 2. The molecule has 106 valence electrons. The summed E-state index contributed by atoms with van der Waals surface area (Å²) in [4.78, 5) is 29.4. The summed E-state index contributed by atoms with van der Waals surface area (Å²) in [6, 6.07) is 4.78. The molecule has 2 aromatic rings. The number of nitrogens with zero attached hydrogens (tertiary/aromatic N) is 1. The average Bonchev–Trinajstić information content (AvgIpc) is 2.51. The van der Waals surface area contributed by atoms with E-state index in [0.717, 1.165) is 0 Å². The van der Waals surface area contributed by atoms with E-state index in [1.807, 2.05) is 0 Å². The summed E-state index contributed by atoms with van der Waals surface area (Å²) in [5.41, 5.74) is 1.93. The highest BCUT2D eigenvalue weighted by molar-refractivity contribution is 6.29. The van der Waals surface area contributed by atoms with Gasteiger partial charge in [0.25, 0.3) is 0 Å². The van der Waals surface area contributed by atoms with Crippen molar-refractivity contribution in [1.29, 1.82) is 0 Å². The van der Waals surface area contributed by atoms with Crippen LogP contribution in [0.15, 0.2) is 24.4 Å². The third kappa shape index (κ3) is 1.89. The van der Waals surface area contributed by atoms with E-state index in [0.29, 0.717) is 28.3 Å². The second-order valence-corrected chi connectivity index (χ2v) is 4.78. The molecule has 1 aliphatic rings. The van der Waals surface area contributed by atoms with E-state index >= 15 is 0 Å². The van der Waals surface area contributed by atoms with Crippen LogP contribution in [0.4, 0.5) is 0 Å². The molecule has 0 spiro atoms. The monoisotopic (exact) mass is 283 g/mol. The first-order valence-corrected chi connectivity index (χ1v) is 6.39. The second kappa shape index (κ2) is 4.70. The first kappa shape index (κ1) is 13.3. The van der Waals surface area contributed by atoms with Crippen molar-refractivity contribution < 1.29 is 19.1 Å². The van der Waals surface area contributed by atoms with Crippen LogP contribution in [0.1, 0.15) is 37.5 Å². The number of methoxy groups -OCH3 is 2. The van der Waals surface area contributed by atoms with E-state index in [9.17, 15) is 9.59 Å². The number of aromatic nitrogens is 1. The maximum atomic E-state index is 12.7. The van der Waals surface area contributed by atoms with E-state index in [1.54, 1.807) is 25.1 Å². The number of carbonyl (C=O) groups excluding carboxylic acids is 2. The van der Waals surface area contributed by atoms with Crippen LogP contribution < -0.4 is 9.47 Å². The molecule has 0 fully saturated rings. The smallest absolute Gasteiger partial charge is 0.198 e. The Balaban J connectivity index is 2.32. The number of hydrogen-bond donors (Lipinski definition) is 0. The van der Waals surface area contributed by atoms with Gasteiger partial charge in [0.1, 0.15) is 11.5 Å². The molecule has 21 heavy (non-hydrogen) atoms. The lowest BCUT2D eigenvalue weighted by Crippen LogP contribution is -2.22. The normalized spacial score (nSPS) is 12.7. The lowest BCUT2D eigenvalue weighted by molar-refractivity contribution is 0.0975. The molecule has 3 rings (SSSR count). The molecule has 0 aliphatic heterocycles. The fourth-order valence-electron chi connectivity index (χ4n) is 2.49. The summed E-state index contributed by atoms with van der Waals surface area (Å²) in [5.74, 6) is 0.326. The predicted molar refractivity (Wildman–Crippen MR) is 75.4 cm³/mol. The van der Waals surface area contributed by atoms with Crippen LogP contribution in [0.5, 0.6) is 11.5 Å². The van der Waals surface area contributed by atoms with Gasteiger partial charge < -0.3 is 9.47 Å². The van der Waals surface area contributed by atoms with Crippen LogP contribution in [0, 0.1) is 6.92 Å². The molecule has 0 saturated carbocycles. The van der Waals surface area contributed by atoms with E-state index in [4.69, 9.17) is 9.47 Å². The summed E-state index contributed by atoms with van der Waals surface area (Å²) in [6.45, 7) is 1.78. The molecular formula is C16H13NO4. The molecule has 0 N–H and O–H groups in total. The Kier molecular flexibility index (Phi) is 2.97. The van der Waals surface area contributed by atoms with E-state index < -0.39 is 0 Å². The first-order valence-electron chi connectivity index (χ1n) is 6.39. The van der Waals surface area contributed by atoms with Crippen molar-refractivity contribution in [2.45, 2.75) is 6.92 Å². The largest absolute Gasteiger partial charge is 0.497 e. The first-order chi connectivity index (χ1) is 10.1. The van der Waals surface area contributed by atoms with Crippen LogP contribution in [-0.4, -0.2) is 30.8 Å². The maximum Gasteiger partial charge on any atom is 0.198 e. The molecule has 0 atom stereocenters. The minimum Gasteiger partial charge on any atom is -0.497 e. The van der Waals surface area contributed by atoms with Gasteiger partial charge in [0, 0.05) is 29.1 Å². The van der Waals surface area contributed by atoms with Crippen molar-refractivity contribution in [3.63, 3.8) is 0 Å². The molecule has 1 aliphatic carbocycles. The molecule has 0 amide bonds. The molecule has 5 heteroatoms. The summed E-state index contributed by atoms with van der Waals surface area (Å²) in [6.07, 6.45) is 1.44. The van der Waals surface area contributed by atoms with Crippen LogP contribution >= 0.6 is 0 Å². The van der Waals surface area contributed by atoms with Gasteiger partial charge in [-0.3, -0.25) is 14.6 Å². The number of pyridine rings is 1. The average molecular weight is 283 g/mol. The SMILES string of the molecule is COc1cc(OC)c2c(c1)C(=O)c1cnc(C)cc1C2=O. The number of rotatable bonds is 2. The fraction of sp³-hybridized carbons (Fsp3) is 0.188. The Labute approximate surface area is 121 Å². The Bertz CT molecular complexity index is 780. The van der Waals surface area contributed by atoms with Gasteiger partial charge in [0.2, 0.25) is 0 Å². The predicted octanol–water partition coefficient (Wildman–Crippen LogP) is 2.18. The number of aryl methyl sites for hydroxylation is 1. The van der Waals surface area contributed by atoms with Crippen LogP contribution in [-0.2, 0) is 0 Å². The summed E-state index contributed by atoms with van der Waals surface area (Å²) in [5, 5.41) is 0. The van der Waals surface area contributed by atoms with Gasteiger partial charge in [-0.05, 0) is 19.1 Å². The molecule has 1 aromatic carbocycles. The number of benzene rings is 1. The standard InChI is InChI=1S/C16H13NO4/c1-8-4-10-12(7-17-8)15(18)11-5-9(20-2)6-13(21-3)14(11)16(10)19/h4-7H,1-3H3. The van der Waals surface area contributed by atoms with Crippen molar-refractivity contribution in [3.8, 4) is 11.5 Å². The van der Waals surface area contributed by atoms with Gasteiger partial charge in [0.15, 0.2) is 11.6 Å². The molecule has 0 unspecified atom stereocenters. The second-order valence-electron chi connectivity index (χ2n) is 4.78. The minimum absolute atomic E-state index is 0.232. The fourth-order valence-corrected chi connectivity index (χ4v) is 2.49. The lowest BCUT2D eigenvalue weighted by atomic mass is 9.84. The highest BCUT2D eigenvalue weighted by Crippen LogP contribution is 2.36. The zero-order valence-corrected chi connectivity index (χ0v) is 11.9. The van der Waals surface area contributed by atoms with Gasteiger partial charge in [-0.1, -0.05) is 0 Å². The number of fused-ring (bicyclic) bond motifs is 2.